The molecule has 0 N–H and O–H groups in total. The van der Waals surface area contributed by atoms with Gasteiger partial charge in [-0.3, -0.25) is 4.79 Å². The zero-order valence-corrected chi connectivity index (χ0v) is 11.4. The molecule has 3 nitrogen and oxygen atoms in total. The molecule has 1 amide bonds. The van der Waals surface area contributed by atoms with Crippen LogP contribution in [0.15, 0.2) is 47.1 Å². The van der Waals surface area contributed by atoms with Crippen molar-refractivity contribution in [2.75, 3.05) is 6.54 Å². The molecule has 0 saturated carbocycles. The summed E-state index contributed by atoms with van der Waals surface area (Å²) in [5.41, 5.74) is -0.950. The van der Waals surface area contributed by atoms with Gasteiger partial charge in [0.25, 0.3) is 5.91 Å². The number of benzene rings is 1. The van der Waals surface area contributed by atoms with Crippen LogP contribution in [0.2, 0.25) is 0 Å². The molecular formula is C16H12F3NO2. The molecule has 2 aromatic rings. The van der Waals surface area contributed by atoms with Gasteiger partial charge < -0.3 is 9.32 Å². The minimum atomic E-state index is -4.51. The van der Waals surface area contributed by atoms with Crippen molar-refractivity contribution in [1.82, 2.24) is 4.90 Å². The predicted molar refractivity (Wildman–Crippen MR) is 73.7 cm³/mol. The molecule has 0 atom stereocenters. The topological polar surface area (TPSA) is 33.5 Å². The van der Waals surface area contributed by atoms with E-state index in [1.54, 1.807) is 12.1 Å². The number of carbonyl (C=O) groups excluding carboxylic acids is 1. The van der Waals surface area contributed by atoms with Gasteiger partial charge in [0.2, 0.25) is 0 Å². The molecule has 0 bridgehead atoms. The molecule has 2 rings (SSSR count). The molecule has 1 heterocycles. The lowest BCUT2D eigenvalue weighted by Crippen LogP contribution is -2.31. The molecule has 0 aliphatic heterocycles. The number of terminal acetylenes is 1. The SMILES string of the molecule is C#CCN(Cc1ccco1)C(=O)c1cccc(C(F)(F)F)c1. The summed E-state index contributed by atoms with van der Waals surface area (Å²) in [6.07, 6.45) is 2.16. The standard InChI is InChI=1S/C16H12F3NO2/c1-2-8-20(11-14-7-4-9-22-14)15(21)12-5-3-6-13(10-12)16(17,18)19/h1,3-7,9-10H,8,11H2. The van der Waals surface area contributed by atoms with Crippen molar-refractivity contribution in [2.45, 2.75) is 12.7 Å². The maximum atomic E-state index is 12.7. The first-order valence-corrected chi connectivity index (χ1v) is 6.34. The summed E-state index contributed by atoms with van der Waals surface area (Å²) in [4.78, 5) is 13.6. The van der Waals surface area contributed by atoms with Gasteiger partial charge in [-0.25, -0.2) is 0 Å². The number of hydrogen-bond acceptors (Lipinski definition) is 2. The van der Waals surface area contributed by atoms with E-state index >= 15 is 0 Å². The number of carbonyl (C=O) groups is 1. The van der Waals surface area contributed by atoms with Crippen LogP contribution >= 0.6 is 0 Å². The highest BCUT2D eigenvalue weighted by Crippen LogP contribution is 2.29. The number of amides is 1. The fraction of sp³-hybridized carbons (Fsp3) is 0.188. The number of hydrogen-bond donors (Lipinski definition) is 0. The first-order chi connectivity index (χ1) is 10.4. The zero-order chi connectivity index (χ0) is 16.2. The highest BCUT2D eigenvalue weighted by Gasteiger charge is 2.31. The van der Waals surface area contributed by atoms with Crippen molar-refractivity contribution in [2.24, 2.45) is 0 Å². The second-order valence-electron chi connectivity index (χ2n) is 4.52. The quantitative estimate of drug-likeness (QED) is 0.809. The van der Waals surface area contributed by atoms with Gasteiger partial charge >= 0.3 is 6.18 Å². The van der Waals surface area contributed by atoms with E-state index in [9.17, 15) is 18.0 Å². The van der Waals surface area contributed by atoms with Crippen molar-refractivity contribution in [1.29, 1.82) is 0 Å². The maximum Gasteiger partial charge on any atom is 0.416 e. The Balaban J connectivity index is 2.25. The Morgan fingerprint density at radius 3 is 2.64 bits per heavy atom. The van der Waals surface area contributed by atoms with Crippen LogP contribution in [-0.2, 0) is 12.7 Å². The van der Waals surface area contributed by atoms with Crippen molar-refractivity contribution < 1.29 is 22.4 Å². The van der Waals surface area contributed by atoms with Crippen LogP contribution in [0.1, 0.15) is 21.7 Å². The monoisotopic (exact) mass is 307 g/mol. The Morgan fingerprint density at radius 1 is 1.27 bits per heavy atom. The van der Waals surface area contributed by atoms with E-state index in [-0.39, 0.29) is 18.7 Å². The summed E-state index contributed by atoms with van der Waals surface area (Å²) in [7, 11) is 0. The fourth-order valence-corrected chi connectivity index (χ4v) is 1.91. The van der Waals surface area contributed by atoms with Crippen molar-refractivity contribution in [3.63, 3.8) is 0 Å². The first-order valence-electron chi connectivity index (χ1n) is 6.34. The molecular weight excluding hydrogens is 295 g/mol. The second kappa shape index (κ2) is 6.39. The largest absolute Gasteiger partial charge is 0.467 e. The van der Waals surface area contributed by atoms with Gasteiger partial charge in [-0.1, -0.05) is 12.0 Å². The molecule has 0 fully saturated rings. The van der Waals surface area contributed by atoms with Crippen molar-refractivity contribution in [3.05, 3.63) is 59.5 Å². The van der Waals surface area contributed by atoms with Crippen LogP contribution in [-0.4, -0.2) is 17.4 Å². The molecule has 1 aromatic heterocycles. The fourth-order valence-electron chi connectivity index (χ4n) is 1.91. The highest BCUT2D eigenvalue weighted by molar-refractivity contribution is 5.94. The average molecular weight is 307 g/mol. The molecule has 114 valence electrons. The molecule has 0 radical (unpaired) electrons. The highest BCUT2D eigenvalue weighted by atomic mass is 19.4. The van der Waals surface area contributed by atoms with Gasteiger partial charge in [0.15, 0.2) is 0 Å². The summed E-state index contributed by atoms with van der Waals surface area (Å²) in [6.45, 7) is 0.0576. The van der Waals surface area contributed by atoms with Gasteiger partial charge in [-0.2, -0.15) is 13.2 Å². The summed E-state index contributed by atoms with van der Waals surface area (Å²) in [5.74, 6) is 2.23. The summed E-state index contributed by atoms with van der Waals surface area (Å²) >= 11 is 0. The smallest absolute Gasteiger partial charge is 0.416 e. The molecule has 0 unspecified atom stereocenters. The Kier molecular flexibility index (Phi) is 4.56. The van der Waals surface area contributed by atoms with Crippen LogP contribution in [0.3, 0.4) is 0 Å². The van der Waals surface area contributed by atoms with Crippen molar-refractivity contribution in [3.8, 4) is 12.3 Å². The van der Waals surface area contributed by atoms with Crippen LogP contribution in [0, 0.1) is 12.3 Å². The van der Waals surface area contributed by atoms with Gasteiger partial charge in [-0.15, -0.1) is 6.42 Å². The van der Waals surface area contributed by atoms with E-state index in [1.807, 2.05) is 0 Å². The number of nitrogens with zero attached hydrogens (tertiary/aromatic N) is 1. The van der Waals surface area contributed by atoms with E-state index in [0.717, 1.165) is 12.1 Å². The Labute approximate surface area is 125 Å². The van der Waals surface area contributed by atoms with E-state index in [4.69, 9.17) is 10.8 Å². The first kappa shape index (κ1) is 15.7. The molecule has 1 aromatic carbocycles. The summed E-state index contributed by atoms with van der Waals surface area (Å²) < 4.78 is 43.3. The van der Waals surface area contributed by atoms with Crippen LogP contribution in [0.25, 0.3) is 0 Å². The van der Waals surface area contributed by atoms with E-state index in [2.05, 4.69) is 5.92 Å². The zero-order valence-electron chi connectivity index (χ0n) is 11.4. The molecule has 0 aliphatic carbocycles. The van der Waals surface area contributed by atoms with Crippen LogP contribution < -0.4 is 0 Å². The lowest BCUT2D eigenvalue weighted by Gasteiger charge is -2.19. The summed E-state index contributed by atoms with van der Waals surface area (Å²) in [6, 6.07) is 7.55. The Bertz CT molecular complexity index is 684. The Morgan fingerprint density at radius 2 is 2.05 bits per heavy atom. The van der Waals surface area contributed by atoms with Crippen LogP contribution in [0.4, 0.5) is 13.2 Å². The molecule has 0 spiro atoms. The Hall–Kier alpha value is -2.68. The van der Waals surface area contributed by atoms with E-state index in [0.29, 0.717) is 5.76 Å². The lowest BCUT2D eigenvalue weighted by molar-refractivity contribution is -0.137. The third-order valence-electron chi connectivity index (χ3n) is 2.93. The maximum absolute atomic E-state index is 12.7. The minimum absolute atomic E-state index is 0.0320. The average Bonchev–Trinajstić information content (AvgIpc) is 2.98. The predicted octanol–water partition coefficient (Wildman–Crippen LogP) is 3.57. The van der Waals surface area contributed by atoms with Gasteiger partial charge in [0, 0.05) is 5.56 Å². The molecule has 6 heteroatoms. The van der Waals surface area contributed by atoms with Crippen molar-refractivity contribution >= 4 is 5.91 Å². The number of alkyl halides is 3. The lowest BCUT2D eigenvalue weighted by atomic mass is 10.1. The number of furan rings is 1. The van der Waals surface area contributed by atoms with E-state index in [1.165, 1.54) is 23.3 Å². The van der Waals surface area contributed by atoms with Crippen LogP contribution in [0.5, 0.6) is 0 Å². The second-order valence-corrected chi connectivity index (χ2v) is 4.52. The normalized spacial score (nSPS) is 11.0. The number of rotatable bonds is 4. The molecule has 0 saturated heterocycles. The molecule has 0 aliphatic rings. The van der Waals surface area contributed by atoms with Gasteiger partial charge in [0.05, 0.1) is 24.9 Å². The molecule has 22 heavy (non-hydrogen) atoms. The van der Waals surface area contributed by atoms with Gasteiger partial charge in [-0.05, 0) is 30.3 Å². The third kappa shape index (κ3) is 3.70. The summed E-state index contributed by atoms with van der Waals surface area (Å²) in [5, 5.41) is 0. The minimum Gasteiger partial charge on any atom is -0.467 e. The number of halogens is 3. The van der Waals surface area contributed by atoms with Gasteiger partial charge in [0.1, 0.15) is 5.76 Å². The van der Waals surface area contributed by atoms with E-state index < -0.39 is 17.6 Å². The third-order valence-corrected chi connectivity index (χ3v) is 2.93.